The van der Waals surface area contributed by atoms with Crippen molar-refractivity contribution in [1.82, 2.24) is 5.32 Å². The topological polar surface area (TPSA) is 53.6 Å². The molecule has 0 spiro atoms. The molecule has 132 valence electrons. The van der Waals surface area contributed by atoms with Crippen LogP contribution in [0.5, 0.6) is 0 Å². The van der Waals surface area contributed by atoms with Gasteiger partial charge in [-0.3, -0.25) is 0 Å². The third kappa shape index (κ3) is 4.41. The van der Waals surface area contributed by atoms with Crippen LogP contribution in [0.3, 0.4) is 0 Å². The Morgan fingerprint density at radius 1 is 1.12 bits per heavy atom. The molecule has 5 nitrogen and oxygen atoms in total. The number of amides is 2. The van der Waals surface area contributed by atoms with Crippen molar-refractivity contribution in [3.05, 3.63) is 24.3 Å². The fraction of sp³-hybridized carbons (Fsp3) is 0.632. The Morgan fingerprint density at radius 3 is 2.54 bits per heavy atom. The third-order valence-corrected chi connectivity index (χ3v) is 5.01. The summed E-state index contributed by atoms with van der Waals surface area (Å²) in [5.74, 6) is 0. The molecule has 1 aliphatic carbocycles. The molecule has 24 heavy (non-hydrogen) atoms. The summed E-state index contributed by atoms with van der Waals surface area (Å²) in [5, 5.41) is 6.03. The molecule has 1 aromatic rings. The average Bonchev–Trinajstić information content (AvgIpc) is 2.59. The maximum absolute atomic E-state index is 12.1. The summed E-state index contributed by atoms with van der Waals surface area (Å²) in [6, 6.07) is 8.70. The molecule has 0 radical (unpaired) electrons. The maximum atomic E-state index is 12.1. The Kier molecular flexibility index (Phi) is 5.61. The van der Waals surface area contributed by atoms with E-state index in [0.717, 1.165) is 31.7 Å². The first kappa shape index (κ1) is 17.1. The first-order valence-corrected chi connectivity index (χ1v) is 9.17. The molecule has 1 aromatic carbocycles. The molecule has 3 rings (SSSR count). The molecular formula is C19H29N3O2. The highest BCUT2D eigenvalue weighted by atomic mass is 16.5. The molecule has 1 saturated heterocycles. The molecule has 2 N–H and O–H groups in total. The number of nitrogens with one attached hydrogen (secondary N) is 2. The van der Waals surface area contributed by atoms with E-state index in [2.05, 4.69) is 41.5 Å². The van der Waals surface area contributed by atoms with Crippen molar-refractivity contribution in [3.8, 4) is 0 Å². The number of nitrogens with zero attached hydrogens (tertiary/aromatic N) is 1. The highest BCUT2D eigenvalue weighted by Crippen LogP contribution is 2.24. The van der Waals surface area contributed by atoms with E-state index in [1.807, 2.05) is 12.1 Å². The van der Waals surface area contributed by atoms with Crippen LogP contribution < -0.4 is 15.5 Å². The van der Waals surface area contributed by atoms with E-state index in [9.17, 15) is 4.79 Å². The van der Waals surface area contributed by atoms with E-state index in [1.54, 1.807) is 0 Å². The van der Waals surface area contributed by atoms with E-state index < -0.39 is 0 Å². The zero-order chi connectivity index (χ0) is 16.9. The van der Waals surface area contributed by atoms with Crippen LogP contribution in [0.15, 0.2) is 24.3 Å². The average molecular weight is 331 g/mol. The molecule has 2 unspecified atom stereocenters. The summed E-state index contributed by atoms with van der Waals surface area (Å²) in [7, 11) is 0. The molecule has 0 aromatic heterocycles. The van der Waals surface area contributed by atoms with Crippen molar-refractivity contribution in [1.29, 1.82) is 0 Å². The minimum atomic E-state index is -0.0944. The standard InChI is InChI=1S/C19H29N3O2/c1-14-13-24-15(2)12-22(14)18-10-8-17(9-11-18)21-19(23)20-16-6-4-3-5-7-16/h8-11,14-16H,3-7,12-13H2,1-2H3,(H2,20,21,23). The van der Waals surface area contributed by atoms with Crippen LogP contribution in [-0.2, 0) is 4.74 Å². The van der Waals surface area contributed by atoms with E-state index in [1.165, 1.54) is 24.9 Å². The van der Waals surface area contributed by atoms with E-state index in [4.69, 9.17) is 4.74 Å². The van der Waals surface area contributed by atoms with Gasteiger partial charge in [0.1, 0.15) is 0 Å². The summed E-state index contributed by atoms with van der Waals surface area (Å²) in [6.45, 7) is 5.93. The number of carbonyl (C=O) groups is 1. The normalized spacial score (nSPS) is 25.3. The van der Waals surface area contributed by atoms with Gasteiger partial charge >= 0.3 is 6.03 Å². The Balaban J connectivity index is 1.55. The zero-order valence-corrected chi connectivity index (χ0v) is 14.8. The lowest BCUT2D eigenvalue weighted by molar-refractivity contribution is 0.0344. The SMILES string of the molecule is CC1CN(c2ccc(NC(=O)NC3CCCCC3)cc2)C(C)CO1. The van der Waals surface area contributed by atoms with Crippen molar-refractivity contribution < 1.29 is 9.53 Å². The number of ether oxygens (including phenoxy) is 1. The fourth-order valence-corrected chi connectivity index (χ4v) is 3.60. The molecule has 2 amide bonds. The lowest BCUT2D eigenvalue weighted by atomic mass is 9.96. The van der Waals surface area contributed by atoms with Crippen LogP contribution in [0.2, 0.25) is 0 Å². The second-order valence-electron chi connectivity index (χ2n) is 7.13. The summed E-state index contributed by atoms with van der Waals surface area (Å²) in [6.07, 6.45) is 6.17. The van der Waals surface area contributed by atoms with Crippen LogP contribution in [0.1, 0.15) is 46.0 Å². The highest BCUT2D eigenvalue weighted by Gasteiger charge is 2.23. The number of anilines is 2. The van der Waals surface area contributed by atoms with Gasteiger partial charge in [-0.1, -0.05) is 19.3 Å². The summed E-state index contributed by atoms with van der Waals surface area (Å²) < 4.78 is 5.68. The number of urea groups is 1. The molecule has 1 heterocycles. The summed E-state index contributed by atoms with van der Waals surface area (Å²) in [5.41, 5.74) is 2.01. The lowest BCUT2D eigenvalue weighted by Crippen LogP contribution is -2.47. The summed E-state index contributed by atoms with van der Waals surface area (Å²) in [4.78, 5) is 14.5. The highest BCUT2D eigenvalue weighted by molar-refractivity contribution is 5.89. The van der Waals surface area contributed by atoms with Crippen LogP contribution in [0, 0.1) is 0 Å². The first-order valence-electron chi connectivity index (χ1n) is 9.17. The summed E-state index contributed by atoms with van der Waals surface area (Å²) >= 11 is 0. The van der Waals surface area contributed by atoms with E-state index in [0.29, 0.717) is 12.1 Å². The molecule has 2 atom stereocenters. The third-order valence-electron chi connectivity index (χ3n) is 5.01. The Morgan fingerprint density at radius 2 is 1.83 bits per heavy atom. The van der Waals surface area contributed by atoms with Crippen LogP contribution in [0.4, 0.5) is 16.2 Å². The van der Waals surface area contributed by atoms with E-state index in [-0.39, 0.29) is 12.1 Å². The van der Waals surface area contributed by atoms with Crippen LogP contribution in [0.25, 0.3) is 0 Å². The van der Waals surface area contributed by atoms with Crippen molar-refractivity contribution in [2.45, 2.75) is 64.1 Å². The van der Waals surface area contributed by atoms with Crippen LogP contribution in [-0.4, -0.2) is 37.4 Å². The van der Waals surface area contributed by atoms with Gasteiger partial charge in [0.2, 0.25) is 0 Å². The Labute approximate surface area is 144 Å². The Bertz CT molecular complexity index is 540. The van der Waals surface area contributed by atoms with Gasteiger partial charge < -0.3 is 20.3 Å². The number of benzene rings is 1. The van der Waals surface area contributed by atoms with Gasteiger partial charge in [0.15, 0.2) is 0 Å². The second kappa shape index (κ2) is 7.88. The first-order chi connectivity index (χ1) is 11.6. The van der Waals surface area contributed by atoms with Crippen molar-refractivity contribution in [3.63, 3.8) is 0 Å². The van der Waals surface area contributed by atoms with Gasteiger partial charge in [0.05, 0.1) is 12.7 Å². The molecule has 2 fully saturated rings. The molecule has 1 aliphatic heterocycles. The smallest absolute Gasteiger partial charge is 0.319 e. The Hall–Kier alpha value is -1.75. The van der Waals surface area contributed by atoms with Crippen molar-refractivity contribution in [2.75, 3.05) is 23.4 Å². The molecule has 0 bridgehead atoms. The fourth-order valence-electron chi connectivity index (χ4n) is 3.60. The monoisotopic (exact) mass is 331 g/mol. The van der Waals surface area contributed by atoms with Crippen molar-refractivity contribution >= 4 is 17.4 Å². The van der Waals surface area contributed by atoms with E-state index >= 15 is 0 Å². The van der Waals surface area contributed by atoms with Gasteiger partial charge in [-0.05, 0) is 51.0 Å². The van der Waals surface area contributed by atoms with Gasteiger partial charge in [-0.25, -0.2) is 4.79 Å². The maximum Gasteiger partial charge on any atom is 0.319 e. The predicted octanol–water partition coefficient (Wildman–Crippen LogP) is 3.75. The number of morpholine rings is 1. The van der Waals surface area contributed by atoms with Gasteiger partial charge in [0, 0.05) is 30.0 Å². The second-order valence-corrected chi connectivity index (χ2v) is 7.13. The number of rotatable bonds is 3. The minimum absolute atomic E-state index is 0.0944. The molecular weight excluding hydrogens is 302 g/mol. The number of carbonyl (C=O) groups excluding carboxylic acids is 1. The molecule has 5 heteroatoms. The molecule has 1 saturated carbocycles. The zero-order valence-electron chi connectivity index (χ0n) is 14.8. The van der Waals surface area contributed by atoms with Crippen LogP contribution >= 0.6 is 0 Å². The molecule has 2 aliphatic rings. The lowest BCUT2D eigenvalue weighted by Gasteiger charge is -2.38. The van der Waals surface area contributed by atoms with Gasteiger partial charge in [0.25, 0.3) is 0 Å². The van der Waals surface area contributed by atoms with Crippen molar-refractivity contribution in [2.24, 2.45) is 0 Å². The number of hydrogen-bond acceptors (Lipinski definition) is 3. The number of hydrogen-bond donors (Lipinski definition) is 2. The largest absolute Gasteiger partial charge is 0.375 e. The quantitative estimate of drug-likeness (QED) is 0.887. The minimum Gasteiger partial charge on any atom is -0.375 e. The predicted molar refractivity (Wildman–Crippen MR) is 97.7 cm³/mol. The van der Waals surface area contributed by atoms with Gasteiger partial charge in [-0.15, -0.1) is 0 Å². The van der Waals surface area contributed by atoms with Gasteiger partial charge in [-0.2, -0.15) is 0 Å².